The first-order valence-corrected chi connectivity index (χ1v) is 8.34. The molecule has 5 heteroatoms. The van der Waals surface area contributed by atoms with Crippen LogP contribution < -0.4 is 5.32 Å². The summed E-state index contributed by atoms with van der Waals surface area (Å²) >= 11 is 0. The van der Waals surface area contributed by atoms with Crippen LogP contribution in [0.25, 0.3) is 0 Å². The van der Waals surface area contributed by atoms with E-state index in [-0.39, 0.29) is 17.6 Å². The van der Waals surface area contributed by atoms with Gasteiger partial charge in [0.05, 0.1) is 0 Å². The molecule has 0 unspecified atom stereocenters. The smallest absolute Gasteiger partial charge is 0.223 e. The second-order valence-electron chi connectivity index (χ2n) is 6.25. The highest BCUT2D eigenvalue weighted by Gasteiger charge is 2.24. The van der Waals surface area contributed by atoms with Crippen molar-refractivity contribution in [3.63, 3.8) is 0 Å². The molecule has 0 aliphatic carbocycles. The molecule has 1 aliphatic rings. The number of nitrogens with one attached hydrogen (secondary N) is 1. The molecule has 2 heterocycles. The van der Waals surface area contributed by atoms with E-state index in [0.717, 1.165) is 43.6 Å². The minimum absolute atomic E-state index is 0.0799. The van der Waals surface area contributed by atoms with Crippen LogP contribution in [0, 0.1) is 11.7 Å². The Balaban J connectivity index is 1.42. The van der Waals surface area contributed by atoms with E-state index in [1.165, 1.54) is 12.1 Å². The van der Waals surface area contributed by atoms with Crippen molar-refractivity contribution in [2.45, 2.75) is 25.9 Å². The van der Waals surface area contributed by atoms with E-state index >= 15 is 0 Å². The molecule has 0 bridgehead atoms. The summed E-state index contributed by atoms with van der Waals surface area (Å²) in [6.45, 7) is 3.15. The molecule has 1 N–H and O–H groups in total. The lowest BCUT2D eigenvalue weighted by Crippen LogP contribution is -2.40. The molecule has 1 saturated heterocycles. The summed E-state index contributed by atoms with van der Waals surface area (Å²) in [6.07, 6.45) is 5.19. The molecule has 3 rings (SSSR count). The van der Waals surface area contributed by atoms with Crippen LogP contribution in [0.4, 0.5) is 4.39 Å². The van der Waals surface area contributed by atoms with Crippen LogP contribution in [0.1, 0.15) is 24.0 Å². The highest BCUT2D eigenvalue weighted by molar-refractivity contribution is 5.78. The van der Waals surface area contributed by atoms with Gasteiger partial charge in [-0.25, -0.2) is 4.39 Å². The summed E-state index contributed by atoms with van der Waals surface area (Å²) in [5, 5.41) is 3.01. The third-order valence-electron chi connectivity index (χ3n) is 4.49. The van der Waals surface area contributed by atoms with Crippen molar-refractivity contribution in [1.82, 2.24) is 15.2 Å². The lowest BCUT2D eigenvalue weighted by atomic mass is 9.95. The zero-order chi connectivity index (χ0) is 16.8. The molecule has 0 spiro atoms. The molecule has 0 saturated carbocycles. The molecule has 4 nitrogen and oxygen atoms in total. The molecule has 0 atom stereocenters. The maximum atomic E-state index is 12.9. The molecule has 0 radical (unpaired) electrons. The SMILES string of the molecule is O=C(NCc1ccncc1)C1CCN(Cc2ccc(F)cc2)CC1. The van der Waals surface area contributed by atoms with Gasteiger partial charge in [0.15, 0.2) is 0 Å². The number of rotatable bonds is 5. The summed E-state index contributed by atoms with van der Waals surface area (Å²) in [6, 6.07) is 10.5. The third kappa shape index (κ3) is 4.61. The number of benzene rings is 1. The number of halogens is 1. The lowest BCUT2D eigenvalue weighted by molar-refractivity contribution is -0.126. The van der Waals surface area contributed by atoms with Crippen molar-refractivity contribution in [2.24, 2.45) is 5.92 Å². The van der Waals surface area contributed by atoms with Gasteiger partial charge in [0.2, 0.25) is 5.91 Å². The van der Waals surface area contributed by atoms with Gasteiger partial charge in [0, 0.05) is 31.4 Å². The number of hydrogen-bond donors (Lipinski definition) is 1. The van der Waals surface area contributed by atoms with Crippen LogP contribution in [-0.2, 0) is 17.9 Å². The van der Waals surface area contributed by atoms with E-state index < -0.39 is 0 Å². The Kier molecular flexibility index (Phi) is 5.54. The quantitative estimate of drug-likeness (QED) is 0.918. The Morgan fingerprint density at radius 3 is 2.42 bits per heavy atom. The van der Waals surface area contributed by atoms with Crippen molar-refractivity contribution in [3.05, 3.63) is 65.7 Å². The zero-order valence-corrected chi connectivity index (χ0v) is 13.6. The van der Waals surface area contributed by atoms with Crippen molar-refractivity contribution >= 4 is 5.91 Å². The van der Waals surface area contributed by atoms with Crippen LogP contribution >= 0.6 is 0 Å². The summed E-state index contributed by atoms with van der Waals surface area (Å²) in [7, 11) is 0. The Bertz CT molecular complexity index is 652. The van der Waals surface area contributed by atoms with Crippen LogP contribution in [0.2, 0.25) is 0 Å². The monoisotopic (exact) mass is 327 g/mol. The first kappa shape index (κ1) is 16.6. The summed E-state index contributed by atoms with van der Waals surface area (Å²) in [5.41, 5.74) is 2.17. The van der Waals surface area contributed by atoms with Gasteiger partial charge in [0.25, 0.3) is 0 Å². The highest BCUT2D eigenvalue weighted by Crippen LogP contribution is 2.19. The van der Waals surface area contributed by atoms with Gasteiger partial charge in [-0.1, -0.05) is 12.1 Å². The minimum Gasteiger partial charge on any atom is -0.352 e. The number of carbonyl (C=O) groups is 1. The van der Waals surface area contributed by atoms with E-state index in [1.54, 1.807) is 12.4 Å². The van der Waals surface area contributed by atoms with Crippen LogP contribution in [0.3, 0.4) is 0 Å². The number of aromatic nitrogens is 1. The average Bonchev–Trinajstić information content (AvgIpc) is 2.63. The summed E-state index contributed by atoms with van der Waals surface area (Å²) in [5.74, 6) is 0.00729. The molecule has 126 valence electrons. The van der Waals surface area contributed by atoms with Gasteiger partial charge in [-0.3, -0.25) is 14.7 Å². The number of likely N-dealkylation sites (tertiary alicyclic amines) is 1. The molecule has 1 aliphatic heterocycles. The number of carbonyl (C=O) groups excluding carboxylic acids is 1. The fraction of sp³-hybridized carbons (Fsp3) is 0.368. The number of amides is 1. The van der Waals surface area contributed by atoms with Gasteiger partial charge in [-0.2, -0.15) is 0 Å². The van der Waals surface area contributed by atoms with Gasteiger partial charge in [0.1, 0.15) is 5.82 Å². The van der Waals surface area contributed by atoms with Crippen molar-refractivity contribution < 1.29 is 9.18 Å². The predicted octanol–water partition coefficient (Wildman–Crippen LogP) is 2.75. The Labute approximate surface area is 141 Å². The Hall–Kier alpha value is -2.27. The molecule has 2 aromatic rings. The van der Waals surface area contributed by atoms with Gasteiger partial charge in [-0.05, 0) is 61.3 Å². The number of pyridine rings is 1. The van der Waals surface area contributed by atoms with Crippen LogP contribution in [0.15, 0.2) is 48.8 Å². The van der Waals surface area contributed by atoms with Crippen molar-refractivity contribution in [2.75, 3.05) is 13.1 Å². The fourth-order valence-corrected chi connectivity index (χ4v) is 3.04. The molecule has 1 amide bonds. The topological polar surface area (TPSA) is 45.2 Å². The normalized spacial score (nSPS) is 16.0. The first-order valence-electron chi connectivity index (χ1n) is 8.34. The fourth-order valence-electron chi connectivity index (χ4n) is 3.04. The molecular weight excluding hydrogens is 305 g/mol. The molecule has 1 fully saturated rings. The Morgan fingerprint density at radius 2 is 1.75 bits per heavy atom. The predicted molar refractivity (Wildman–Crippen MR) is 90.5 cm³/mol. The van der Waals surface area contributed by atoms with Crippen LogP contribution in [-0.4, -0.2) is 28.9 Å². The first-order chi connectivity index (χ1) is 11.7. The standard InChI is InChI=1S/C19H22FN3O/c20-18-3-1-16(2-4-18)14-23-11-7-17(8-12-23)19(24)22-13-15-5-9-21-10-6-15/h1-6,9-10,17H,7-8,11-14H2,(H,22,24). The maximum absolute atomic E-state index is 12.9. The maximum Gasteiger partial charge on any atom is 0.223 e. The Morgan fingerprint density at radius 1 is 1.08 bits per heavy atom. The molecule has 24 heavy (non-hydrogen) atoms. The second kappa shape index (κ2) is 8.02. The van der Waals surface area contributed by atoms with E-state index in [0.29, 0.717) is 6.54 Å². The second-order valence-corrected chi connectivity index (χ2v) is 6.25. The number of piperidine rings is 1. The highest BCUT2D eigenvalue weighted by atomic mass is 19.1. The average molecular weight is 327 g/mol. The van der Waals surface area contributed by atoms with E-state index in [1.807, 2.05) is 24.3 Å². The van der Waals surface area contributed by atoms with Gasteiger partial charge < -0.3 is 5.32 Å². The van der Waals surface area contributed by atoms with Crippen molar-refractivity contribution in [3.8, 4) is 0 Å². The van der Waals surface area contributed by atoms with E-state index in [4.69, 9.17) is 0 Å². The summed E-state index contributed by atoms with van der Waals surface area (Å²) < 4.78 is 12.9. The van der Waals surface area contributed by atoms with Gasteiger partial charge >= 0.3 is 0 Å². The van der Waals surface area contributed by atoms with Gasteiger partial charge in [-0.15, -0.1) is 0 Å². The largest absolute Gasteiger partial charge is 0.352 e. The third-order valence-corrected chi connectivity index (χ3v) is 4.49. The van der Waals surface area contributed by atoms with E-state index in [9.17, 15) is 9.18 Å². The minimum atomic E-state index is -0.205. The number of hydrogen-bond acceptors (Lipinski definition) is 3. The van der Waals surface area contributed by atoms with Crippen molar-refractivity contribution in [1.29, 1.82) is 0 Å². The lowest BCUT2D eigenvalue weighted by Gasteiger charge is -2.31. The number of nitrogens with zero attached hydrogens (tertiary/aromatic N) is 2. The summed E-state index contributed by atoms with van der Waals surface area (Å²) in [4.78, 5) is 18.6. The van der Waals surface area contributed by atoms with Crippen LogP contribution in [0.5, 0.6) is 0 Å². The molecule has 1 aromatic heterocycles. The zero-order valence-electron chi connectivity index (χ0n) is 13.6. The molecule has 1 aromatic carbocycles. The molecular formula is C19H22FN3O. The van der Waals surface area contributed by atoms with E-state index in [2.05, 4.69) is 15.2 Å².